The lowest BCUT2D eigenvalue weighted by Crippen LogP contribution is -2.26. The van der Waals surface area contributed by atoms with Gasteiger partial charge in [-0.15, -0.1) is 0 Å². The molecule has 2 aromatic rings. The molecule has 0 aliphatic heterocycles. The highest BCUT2D eigenvalue weighted by molar-refractivity contribution is 5.99. The average molecular weight is 311 g/mol. The first kappa shape index (κ1) is 16.5. The van der Waals surface area contributed by atoms with Crippen molar-refractivity contribution in [3.8, 4) is 5.75 Å². The standard InChI is InChI=1S/C18H21N3O2/c1-13-5-4-6-16(11-13)19-12-18(22)21-20-14(2)15-7-9-17(23-3)10-8-15/h4-11,19H,12H2,1-3H3,(H,21,22)/b20-14+. The van der Waals surface area contributed by atoms with E-state index in [9.17, 15) is 4.79 Å². The van der Waals surface area contributed by atoms with Gasteiger partial charge in [0, 0.05) is 5.69 Å². The number of amides is 1. The van der Waals surface area contributed by atoms with Gasteiger partial charge in [0.25, 0.3) is 5.91 Å². The molecule has 0 atom stereocenters. The van der Waals surface area contributed by atoms with Crippen LogP contribution < -0.4 is 15.5 Å². The van der Waals surface area contributed by atoms with Crippen molar-refractivity contribution in [2.75, 3.05) is 19.0 Å². The number of ether oxygens (including phenoxy) is 1. The first-order valence-corrected chi connectivity index (χ1v) is 7.36. The Morgan fingerprint density at radius 3 is 2.57 bits per heavy atom. The maximum atomic E-state index is 11.8. The Bertz CT molecular complexity index is 694. The lowest BCUT2D eigenvalue weighted by Gasteiger charge is -2.07. The van der Waals surface area contributed by atoms with Crippen molar-refractivity contribution in [3.05, 3.63) is 59.7 Å². The summed E-state index contributed by atoms with van der Waals surface area (Å²) in [5, 5.41) is 7.18. The summed E-state index contributed by atoms with van der Waals surface area (Å²) in [5.74, 6) is 0.590. The molecule has 2 aromatic carbocycles. The third kappa shape index (κ3) is 5.14. The van der Waals surface area contributed by atoms with E-state index in [2.05, 4.69) is 15.8 Å². The van der Waals surface area contributed by atoms with Gasteiger partial charge in [0.2, 0.25) is 0 Å². The highest BCUT2D eigenvalue weighted by atomic mass is 16.5. The predicted octanol–water partition coefficient (Wildman–Crippen LogP) is 2.96. The van der Waals surface area contributed by atoms with Crippen LogP contribution in [0.1, 0.15) is 18.1 Å². The molecule has 0 aromatic heterocycles. The molecule has 5 nitrogen and oxygen atoms in total. The van der Waals surface area contributed by atoms with Crippen molar-refractivity contribution < 1.29 is 9.53 Å². The molecule has 1 amide bonds. The van der Waals surface area contributed by atoms with Crippen LogP contribution in [-0.2, 0) is 4.79 Å². The van der Waals surface area contributed by atoms with E-state index < -0.39 is 0 Å². The van der Waals surface area contributed by atoms with Gasteiger partial charge in [0.1, 0.15) is 5.75 Å². The molecule has 0 saturated carbocycles. The zero-order valence-corrected chi connectivity index (χ0v) is 13.6. The second kappa shape index (κ2) is 7.98. The van der Waals surface area contributed by atoms with E-state index in [0.29, 0.717) is 0 Å². The summed E-state index contributed by atoms with van der Waals surface area (Å²) < 4.78 is 5.11. The maximum Gasteiger partial charge on any atom is 0.259 e. The third-order valence-electron chi connectivity index (χ3n) is 3.33. The highest BCUT2D eigenvalue weighted by Gasteiger charge is 2.02. The van der Waals surface area contributed by atoms with Crippen LogP contribution >= 0.6 is 0 Å². The minimum atomic E-state index is -0.195. The fraction of sp³-hybridized carbons (Fsp3) is 0.222. The Kier molecular flexibility index (Phi) is 5.74. The summed E-state index contributed by atoms with van der Waals surface area (Å²) in [6, 6.07) is 15.4. The Morgan fingerprint density at radius 2 is 1.91 bits per heavy atom. The van der Waals surface area contributed by atoms with Crippen LogP contribution in [0, 0.1) is 6.92 Å². The maximum absolute atomic E-state index is 11.8. The smallest absolute Gasteiger partial charge is 0.259 e. The summed E-state index contributed by atoms with van der Waals surface area (Å²) in [7, 11) is 1.62. The fourth-order valence-electron chi connectivity index (χ4n) is 2.02. The first-order valence-electron chi connectivity index (χ1n) is 7.36. The summed E-state index contributed by atoms with van der Waals surface area (Å²) in [5.41, 5.74) is 6.27. The molecule has 0 unspecified atom stereocenters. The fourth-order valence-corrected chi connectivity index (χ4v) is 2.02. The van der Waals surface area contributed by atoms with E-state index in [1.165, 1.54) is 0 Å². The van der Waals surface area contributed by atoms with Crippen LogP contribution in [0.2, 0.25) is 0 Å². The molecule has 0 aliphatic carbocycles. The van der Waals surface area contributed by atoms with E-state index in [0.717, 1.165) is 28.3 Å². The van der Waals surface area contributed by atoms with Crippen LogP contribution in [0.15, 0.2) is 53.6 Å². The topological polar surface area (TPSA) is 62.7 Å². The van der Waals surface area contributed by atoms with Crippen LogP contribution in [0.4, 0.5) is 5.69 Å². The number of methoxy groups -OCH3 is 1. The lowest BCUT2D eigenvalue weighted by molar-refractivity contribution is -0.119. The van der Waals surface area contributed by atoms with Gasteiger partial charge in [-0.05, 0) is 61.4 Å². The van der Waals surface area contributed by atoms with Crippen molar-refractivity contribution in [2.24, 2.45) is 5.10 Å². The molecule has 0 heterocycles. The number of anilines is 1. The lowest BCUT2D eigenvalue weighted by atomic mass is 10.1. The predicted molar refractivity (Wildman–Crippen MR) is 93.0 cm³/mol. The number of hydrogen-bond donors (Lipinski definition) is 2. The van der Waals surface area contributed by atoms with E-state index in [4.69, 9.17) is 4.74 Å². The number of rotatable bonds is 6. The number of hydrogen-bond acceptors (Lipinski definition) is 4. The molecule has 0 saturated heterocycles. The Hall–Kier alpha value is -2.82. The second-order valence-corrected chi connectivity index (χ2v) is 5.18. The zero-order valence-electron chi connectivity index (χ0n) is 13.6. The van der Waals surface area contributed by atoms with Crippen LogP contribution in [-0.4, -0.2) is 25.3 Å². The molecule has 0 aliphatic rings. The van der Waals surface area contributed by atoms with E-state index in [1.54, 1.807) is 7.11 Å². The minimum Gasteiger partial charge on any atom is -0.497 e. The molecule has 0 fully saturated rings. The quantitative estimate of drug-likeness (QED) is 0.637. The van der Waals surface area contributed by atoms with Crippen LogP contribution in [0.25, 0.3) is 0 Å². The van der Waals surface area contributed by atoms with Crippen molar-refractivity contribution in [1.29, 1.82) is 0 Å². The van der Waals surface area contributed by atoms with Crippen LogP contribution in [0.3, 0.4) is 0 Å². The number of benzene rings is 2. The molecule has 2 N–H and O–H groups in total. The number of nitrogens with one attached hydrogen (secondary N) is 2. The molecule has 0 bridgehead atoms. The third-order valence-corrected chi connectivity index (χ3v) is 3.33. The molecular weight excluding hydrogens is 290 g/mol. The number of aryl methyl sites for hydroxylation is 1. The van der Waals surface area contributed by atoms with Gasteiger partial charge in [-0.2, -0.15) is 5.10 Å². The Labute approximate surface area is 136 Å². The summed E-state index contributed by atoms with van der Waals surface area (Å²) in [4.78, 5) is 11.8. The monoisotopic (exact) mass is 311 g/mol. The van der Waals surface area contributed by atoms with E-state index in [1.807, 2.05) is 62.4 Å². The average Bonchev–Trinajstić information content (AvgIpc) is 2.58. The van der Waals surface area contributed by atoms with Crippen molar-refractivity contribution in [1.82, 2.24) is 5.43 Å². The first-order chi connectivity index (χ1) is 11.1. The molecule has 0 radical (unpaired) electrons. The SMILES string of the molecule is COc1ccc(/C(C)=N/NC(=O)CNc2cccc(C)c2)cc1. The number of nitrogens with zero attached hydrogens (tertiary/aromatic N) is 1. The van der Waals surface area contributed by atoms with Gasteiger partial charge in [-0.25, -0.2) is 5.43 Å². The van der Waals surface area contributed by atoms with Gasteiger partial charge in [-0.1, -0.05) is 12.1 Å². The zero-order chi connectivity index (χ0) is 16.7. The number of hydrazone groups is 1. The van der Waals surface area contributed by atoms with E-state index in [-0.39, 0.29) is 12.5 Å². The Balaban J connectivity index is 1.86. The molecule has 23 heavy (non-hydrogen) atoms. The van der Waals surface area contributed by atoms with Gasteiger partial charge >= 0.3 is 0 Å². The van der Waals surface area contributed by atoms with Crippen molar-refractivity contribution >= 4 is 17.3 Å². The summed E-state index contributed by atoms with van der Waals surface area (Å²) in [6.45, 7) is 4.02. The van der Waals surface area contributed by atoms with Crippen molar-refractivity contribution in [2.45, 2.75) is 13.8 Å². The largest absolute Gasteiger partial charge is 0.497 e. The molecule has 0 spiro atoms. The number of carbonyl (C=O) groups is 1. The highest BCUT2D eigenvalue weighted by Crippen LogP contribution is 2.12. The Morgan fingerprint density at radius 1 is 1.17 bits per heavy atom. The van der Waals surface area contributed by atoms with E-state index >= 15 is 0 Å². The molecule has 5 heteroatoms. The molecule has 120 valence electrons. The summed E-state index contributed by atoms with van der Waals surface area (Å²) >= 11 is 0. The van der Waals surface area contributed by atoms with Gasteiger partial charge in [0.05, 0.1) is 19.4 Å². The van der Waals surface area contributed by atoms with Gasteiger partial charge < -0.3 is 10.1 Å². The van der Waals surface area contributed by atoms with Gasteiger partial charge in [0.15, 0.2) is 0 Å². The molecular formula is C18H21N3O2. The second-order valence-electron chi connectivity index (χ2n) is 5.18. The van der Waals surface area contributed by atoms with Gasteiger partial charge in [-0.3, -0.25) is 4.79 Å². The molecule has 2 rings (SSSR count). The number of carbonyl (C=O) groups excluding carboxylic acids is 1. The van der Waals surface area contributed by atoms with Crippen LogP contribution in [0.5, 0.6) is 5.75 Å². The summed E-state index contributed by atoms with van der Waals surface area (Å²) in [6.07, 6.45) is 0. The van der Waals surface area contributed by atoms with Crippen molar-refractivity contribution in [3.63, 3.8) is 0 Å². The normalized spacial score (nSPS) is 11.0. The minimum absolute atomic E-state index is 0.169.